The first kappa shape index (κ1) is 45.6. The number of fused-ring (bicyclic) bond motifs is 2. The van der Waals surface area contributed by atoms with E-state index in [-0.39, 0.29) is 27.0 Å². The molecule has 1 amide bonds. The summed E-state index contributed by atoms with van der Waals surface area (Å²) in [5.74, 6) is 0.166. The van der Waals surface area contributed by atoms with Crippen LogP contribution in [0.4, 0.5) is 5.69 Å². The minimum Gasteiger partial charge on any atom is -0.495 e. The van der Waals surface area contributed by atoms with Gasteiger partial charge in [-0.15, -0.1) is 0 Å². The topological polar surface area (TPSA) is 163 Å². The van der Waals surface area contributed by atoms with Crippen molar-refractivity contribution in [3.05, 3.63) is 110 Å². The van der Waals surface area contributed by atoms with E-state index in [9.17, 15) is 14.7 Å². The third-order valence-corrected chi connectivity index (χ3v) is 11.3. The summed E-state index contributed by atoms with van der Waals surface area (Å²) in [6, 6.07) is 11.6. The second-order valence-corrected chi connectivity index (χ2v) is 15.4. The molecule has 0 saturated carbocycles. The number of hydrogen-bond acceptors (Lipinski definition) is 11. The molecule has 0 spiro atoms. The Morgan fingerprint density at radius 2 is 1.15 bits per heavy atom. The lowest BCUT2D eigenvalue weighted by molar-refractivity contribution is 0.0698. The fourth-order valence-electron chi connectivity index (χ4n) is 6.53. The number of likely N-dealkylation sites (N-methyl/N-ethyl adjacent to an activating group) is 1. The number of aromatic nitrogens is 5. The van der Waals surface area contributed by atoms with Gasteiger partial charge in [-0.25, -0.2) is 14.8 Å². The minimum absolute atomic E-state index is 0.0476. The highest BCUT2D eigenvalue weighted by Gasteiger charge is 2.25. The van der Waals surface area contributed by atoms with Crippen LogP contribution in [0.5, 0.6) is 23.0 Å². The van der Waals surface area contributed by atoms with Crippen LogP contribution in [0, 0.1) is 13.8 Å². The first-order chi connectivity index (χ1) is 29.6. The van der Waals surface area contributed by atoms with Gasteiger partial charge in [0.2, 0.25) is 0 Å². The summed E-state index contributed by atoms with van der Waals surface area (Å²) in [5.41, 5.74) is 6.04. The molecule has 0 atom stereocenters. The largest absolute Gasteiger partial charge is 0.495 e. The van der Waals surface area contributed by atoms with Crippen LogP contribution >= 0.6 is 46.4 Å². The maximum absolute atomic E-state index is 13.2. The Bertz CT molecular complexity index is 2800. The number of carboxylic acid groups (broad SMARTS) is 1. The predicted octanol–water partition coefficient (Wildman–Crippen LogP) is 10.2. The highest BCUT2D eigenvalue weighted by molar-refractivity contribution is 6.42. The maximum atomic E-state index is 13.2. The van der Waals surface area contributed by atoms with Gasteiger partial charge in [0.25, 0.3) is 5.91 Å². The number of carbonyl (C=O) groups excluding carboxylic acids is 1. The number of nitrogens with zero attached hydrogens (tertiary/aromatic N) is 6. The van der Waals surface area contributed by atoms with Gasteiger partial charge >= 0.3 is 5.97 Å². The zero-order valence-corrected chi connectivity index (χ0v) is 37.9. The molecule has 0 aliphatic rings. The second kappa shape index (κ2) is 19.4. The van der Waals surface area contributed by atoms with Crippen molar-refractivity contribution in [3.8, 4) is 45.3 Å². The molecule has 4 aromatic carbocycles. The fraction of sp³-hybridized carbons (Fsp3) is 0.227. The number of benzene rings is 4. The monoisotopic (exact) mass is 919 g/mol. The molecule has 3 heterocycles. The van der Waals surface area contributed by atoms with E-state index in [1.54, 1.807) is 50.4 Å². The van der Waals surface area contributed by atoms with E-state index < -0.39 is 5.97 Å². The zero-order chi connectivity index (χ0) is 45.0. The number of rotatable bonds is 12. The Morgan fingerprint density at radius 1 is 0.677 bits per heavy atom. The average Bonchev–Trinajstić information content (AvgIpc) is 3.70. The van der Waals surface area contributed by atoms with Crippen LogP contribution in [0.2, 0.25) is 20.1 Å². The quantitative estimate of drug-likeness (QED) is 0.119. The lowest BCUT2D eigenvalue weighted by atomic mass is 9.99. The number of amides is 1. The van der Waals surface area contributed by atoms with Crippen LogP contribution in [-0.2, 0) is 6.54 Å². The number of aryl methyl sites for hydroxylation is 2. The Kier molecular flexibility index (Phi) is 14.3. The van der Waals surface area contributed by atoms with E-state index in [1.165, 1.54) is 40.7 Å². The molecule has 0 radical (unpaired) electrons. The smallest absolute Gasteiger partial charge is 0.337 e. The van der Waals surface area contributed by atoms with E-state index in [0.29, 0.717) is 94.5 Å². The van der Waals surface area contributed by atoms with Crippen LogP contribution < -0.4 is 24.3 Å². The summed E-state index contributed by atoms with van der Waals surface area (Å²) in [7, 11) is 10.0. The number of carboxylic acids is 1. The van der Waals surface area contributed by atoms with Crippen LogP contribution in [0.25, 0.3) is 44.3 Å². The van der Waals surface area contributed by atoms with E-state index in [1.807, 2.05) is 37.1 Å². The first-order valence-corrected chi connectivity index (χ1v) is 20.2. The van der Waals surface area contributed by atoms with Gasteiger partial charge in [-0.05, 0) is 46.1 Å². The lowest BCUT2D eigenvalue weighted by Gasteiger charge is -2.16. The van der Waals surface area contributed by atoms with Crippen molar-refractivity contribution < 1.29 is 33.6 Å². The van der Waals surface area contributed by atoms with Gasteiger partial charge in [0.05, 0.1) is 87.8 Å². The number of hydrogen-bond donors (Lipinski definition) is 2. The van der Waals surface area contributed by atoms with Gasteiger partial charge in [0.15, 0.2) is 0 Å². The molecule has 62 heavy (non-hydrogen) atoms. The third kappa shape index (κ3) is 9.15. The highest BCUT2D eigenvalue weighted by atomic mass is 35.5. The zero-order valence-electron chi connectivity index (χ0n) is 34.9. The Labute approximate surface area is 377 Å². The Hall–Kier alpha value is -5.90. The van der Waals surface area contributed by atoms with Gasteiger partial charge < -0.3 is 38.8 Å². The maximum Gasteiger partial charge on any atom is 0.337 e. The third-order valence-electron chi connectivity index (χ3n) is 9.83. The van der Waals surface area contributed by atoms with Crippen LogP contribution in [0.15, 0.2) is 67.3 Å². The summed E-state index contributed by atoms with van der Waals surface area (Å²) in [6.07, 6.45) is 6.92. The van der Waals surface area contributed by atoms with Gasteiger partial charge in [-0.1, -0.05) is 58.5 Å². The molecule has 322 valence electrons. The second-order valence-electron chi connectivity index (χ2n) is 13.9. The molecule has 18 heteroatoms. The average molecular weight is 922 g/mol. The first-order valence-electron chi connectivity index (χ1n) is 18.7. The molecule has 7 aromatic rings. The summed E-state index contributed by atoms with van der Waals surface area (Å²) in [4.78, 5) is 44.9. The van der Waals surface area contributed by atoms with E-state index in [0.717, 1.165) is 13.1 Å². The van der Waals surface area contributed by atoms with Crippen LogP contribution in [0.1, 0.15) is 32.1 Å². The minimum atomic E-state index is -1.09. The molecular weight excluding hydrogens is 880 g/mol. The van der Waals surface area contributed by atoms with E-state index in [4.69, 9.17) is 65.4 Å². The number of methoxy groups -OCH3 is 4. The molecule has 0 unspecified atom stereocenters. The summed E-state index contributed by atoms with van der Waals surface area (Å²) in [5, 5.41) is 13.6. The molecule has 7 rings (SSSR count). The van der Waals surface area contributed by atoms with Crippen molar-refractivity contribution in [2.24, 2.45) is 0 Å². The van der Waals surface area contributed by atoms with Crippen molar-refractivity contribution in [1.82, 2.24) is 29.4 Å². The lowest BCUT2D eigenvalue weighted by Crippen LogP contribution is -2.17. The molecule has 0 fully saturated rings. The highest BCUT2D eigenvalue weighted by Crippen LogP contribution is 2.49. The van der Waals surface area contributed by atoms with Gasteiger partial charge in [0.1, 0.15) is 34.0 Å². The summed E-state index contributed by atoms with van der Waals surface area (Å²) < 4.78 is 23.5. The van der Waals surface area contributed by atoms with Crippen LogP contribution in [0.3, 0.4) is 0 Å². The molecule has 14 nitrogen and oxygen atoms in total. The Morgan fingerprint density at radius 3 is 1.63 bits per heavy atom. The molecule has 3 aromatic heterocycles. The number of halogens is 4. The fourth-order valence-corrected chi connectivity index (χ4v) is 7.94. The molecule has 0 aliphatic carbocycles. The molecule has 0 saturated heterocycles. The Balaban J connectivity index is 0.000000214. The van der Waals surface area contributed by atoms with Gasteiger partial charge in [-0.3, -0.25) is 14.8 Å². The van der Waals surface area contributed by atoms with E-state index >= 15 is 0 Å². The van der Waals surface area contributed by atoms with Gasteiger partial charge in [0, 0.05) is 72.3 Å². The molecular formula is C44H41Cl4N7O7. The molecule has 0 bridgehead atoms. The SMILES string of the molecule is COc1cc(OC)c(Cl)c(-c2ccc(C(=O)Nc3ccn(CCN(C)C)c3)c3nccnc23)c1Cl.COc1cc(OC)c(Cl)c(-c2ccc(C(=O)O)c3nc(C)c(C)nc23)c1Cl. The number of aromatic carboxylic acids is 1. The molecule has 0 aliphatic heterocycles. The van der Waals surface area contributed by atoms with Crippen molar-refractivity contribution in [2.75, 3.05) is 54.4 Å². The standard InChI is InChI=1S/C25H25Cl2N5O3.C19H16Cl2N2O4/c1-31(2)11-12-32-10-7-15(14-32)30-25(33)17-6-5-16(23-24(17)29-9-8-28-23)20-21(26)18(34-3)13-19(35-4)22(20)27;1-8-9(2)23-18-11(19(24)25)6-5-10(17(18)22-8)14-15(20)12(26-3)7-13(27-4)16(14)21/h5-10,13-14H,11-12H2,1-4H3,(H,30,33);5-7H,1-4H3,(H,24,25). The number of nitrogens with one attached hydrogen (secondary N) is 1. The van der Waals surface area contributed by atoms with Crippen molar-refractivity contribution >= 4 is 86.0 Å². The van der Waals surface area contributed by atoms with E-state index in [2.05, 4.69) is 30.2 Å². The number of anilines is 1. The molecule has 2 N–H and O–H groups in total. The van der Waals surface area contributed by atoms with Crippen LogP contribution in [-0.4, -0.2) is 95.5 Å². The summed E-state index contributed by atoms with van der Waals surface area (Å²) >= 11 is 26.3. The summed E-state index contributed by atoms with van der Waals surface area (Å²) in [6.45, 7) is 5.28. The van der Waals surface area contributed by atoms with Crippen molar-refractivity contribution in [3.63, 3.8) is 0 Å². The van der Waals surface area contributed by atoms with Crippen molar-refractivity contribution in [1.29, 1.82) is 0 Å². The number of ether oxygens (including phenoxy) is 4. The predicted molar refractivity (Wildman–Crippen MR) is 244 cm³/mol. The van der Waals surface area contributed by atoms with Crippen molar-refractivity contribution in [2.45, 2.75) is 20.4 Å². The number of carbonyl (C=O) groups is 2. The van der Waals surface area contributed by atoms with Gasteiger partial charge in [-0.2, -0.15) is 0 Å². The normalized spacial score (nSPS) is 11.0.